The van der Waals surface area contributed by atoms with Gasteiger partial charge in [-0.2, -0.15) is 0 Å². The Morgan fingerprint density at radius 3 is 2.42 bits per heavy atom. The Hall–Kier alpha value is -3.55. The van der Waals surface area contributed by atoms with Crippen LogP contribution in [0.3, 0.4) is 0 Å². The molecule has 0 radical (unpaired) electrons. The molecule has 0 bridgehead atoms. The van der Waals surface area contributed by atoms with Crippen molar-refractivity contribution >= 4 is 17.7 Å². The van der Waals surface area contributed by atoms with Crippen molar-refractivity contribution in [3.05, 3.63) is 83.4 Å². The number of ether oxygens (including phenoxy) is 2. The van der Waals surface area contributed by atoms with Gasteiger partial charge >= 0.3 is 0 Å². The van der Waals surface area contributed by atoms with Gasteiger partial charge in [0.05, 0.1) is 20.3 Å². The molecule has 1 unspecified atom stereocenters. The molecule has 0 amide bonds. The van der Waals surface area contributed by atoms with E-state index in [1.54, 1.807) is 14.2 Å². The minimum atomic E-state index is -0.285. The lowest BCUT2D eigenvalue weighted by Gasteiger charge is -2.36. The molecule has 2 heterocycles. The highest BCUT2D eigenvalue weighted by Gasteiger charge is 2.37. The third kappa shape index (κ3) is 5.96. The van der Waals surface area contributed by atoms with Crippen LogP contribution in [0.4, 0.5) is 11.4 Å². The van der Waals surface area contributed by atoms with Crippen molar-refractivity contribution in [2.45, 2.75) is 38.4 Å². The quantitative estimate of drug-likeness (QED) is 0.238. The number of carbonyl (C=O) groups is 1. The Morgan fingerprint density at radius 2 is 1.73 bits per heavy atom. The summed E-state index contributed by atoms with van der Waals surface area (Å²) in [6.45, 7) is 9.09. The van der Waals surface area contributed by atoms with Gasteiger partial charge in [-0.05, 0) is 66.4 Å². The van der Waals surface area contributed by atoms with Gasteiger partial charge in [0.25, 0.3) is 0 Å². The highest BCUT2D eigenvalue weighted by Crippen LogP contribution is 2.45. The molecular weight excluding hydrogens is 500 g/mol. The van der Waals surface area contributed by atoms with E-state index in [0.717, 1.165) is 81.8 Å². The molecule has 3 aromatic rings. The molecule has 1 saturated heterocycles. The van der Waals surface area contributed by atoms with Gasteiger partial charge in [-0.15, -0.1) is 0 Å². The summed E-state index contributed by atoms with van der Waals surface area (Å²) in [4.78, 5) is 20.1. The summed E-state index contributed by atoms with van der Waals surface area (Å²) in [5.41, 5.74) is 5.96. The van der Waals surface area contributed by atoms with E-state index < -0.39 is 0 Å². The second-order valence-electron chi connectivity index (χ2n) is 10.6. The Kier molecular flexibility index (Phi) is 9.24. The highest BCUT2D eigenvalue weighted by atomic mass is 16.5. The lowest BCUT2D eigenvalue weighted by Crippen LogP contribution is -2.46. The van der Waals surface area contributed by atoms with Gasteiger partial charge in [0.1, 0.15) is 6.29 Å². The molecule has 0 spiro atoms. The average Bonchev–Trinajstić information content (AvgIpc) is 3.39. The molecule has 7 heteroatoms. The van der Waals surface area contributed by atoms with Crippen LogP contribution in [0.1, 0.15) is 48.5 Å². The Labute approximate surface area is 238 Å². The first-order chi connectivity index (χ1) is 19.7. The topological polar surface area (TPSA) is 57.3 Å². The van der Waals surface area contributed by atoms with Crippen molar-refractivity contribution in [3.63, 3.8) is 0 Å². The largest absolute Gasteiger partial charge is 0.493 e. The second kappa shape index (κ2) is 13.2. The second-order valence-corrected chi connectivity index (χ2v) is 10.6. The van der Waals surface area contributed by atoms with Crippen LogP contribution in [0, 0.1) is 0 Å². The van der Waals surface area contributed by atoms with Crippen LogP contribution in [0.25, 0.3) is 0 Å². The average molecular weight is 543 g/mol. The molecule has 2 aliphatic rings. The number of aldehydes is 1. The zero-order valence-electron chi connectivity index (χ0n) is 24.0. The number of fused-ring (bicyclic) bond motifs is 1. The molecule has 5 rings (SSSR count). The number of piperazine rings is 1. The molecule has 2 atom stereocenters. The van der Waals surface area contributed by atoms with Crippen molar-refractivity contribution in [2.75, 3.05) is 63.7 Å². The van der Waals surface area contributed by atoms with E-state index in [0.29, 0.717) is 11.5 Å². The zero-order chi connectivity index (χ0) is 27.9. The summed E-state index contributed by atoms with van der Waals surface area (Å²) in [6, 6.07) is 22.7. The van der Waals surface area contributed by atoms with Crippen molar-refractivity contribution in [3.8, 4) is 11.5 Å². The van der Waals surface area contributed by atoms with Crippen LogP contribution in [0.2, 0.25) is 0 Å². The molecule has 40 heavy (non-hydrogen) atoms. The van der Waals surface area contributed by atoms with Crippen LogP contribution >= 0.6 is 0 Å². The Balaban J connectivity index is 1.41. The van der Waals surface area contributed by atoms with Crippen molar-refractivity contribution in [2.24, 2.45) is 0 Å². The number of para-hydroxylation sites is 1. The zero-order valence-corrected chi connectivity index (χ0v) is 24.0. The predicted molar refractivity (Wildman–Crippen MR) is 162 cm³/mol. The third-order valence-corrected chi connectivity index (χ3v) is 8.44. The van der Waals surface area contributed by atoms with E-state index >= 15 is 0 Å². The molecule has 7 nitrogen and oxygen atoms in total. The number of likely N-dealkylation sites (N-methyl/N-ethyl adjacent to an activating group) is 1. The SMILES string of the molecule is CCN1CCN(c2cccc3c2CN([C@H](CCCNc2ccccc2)c2ccc(OC)c(OC)c2)C3C=O)CC1. The minimum Gasteiger partial charge on any atom is -0.493 e. The Morgan fingerprint density at radius 1 is 0.950 bits per heavy atom. The van der Waals surface area contributed by atoms with Gasteiger partial charge < -0.3 is 29.4 Å². The van der Waals surface area contributed by atoms with Crippen molar-refractivity contribution in [1.82, 2.24) is 9.80 Å². The summed E-state index contributed by atoms with van der Waals surface area (Å²) in [5.74, 6) is 1.42. The number of anilines is 2. The summed E-state index contributed by atoms with van der Waals surface area (Å²) >= 11 is 0. The number of nitrogens with zero attached hydrogens (tertiary/aromatic N) is 3. The number of hydrogen-bond acceptors (Lipinski definition) is 7. The summed E-state index contributed by atoms with van der Waals surface area (Å²) in [5, 5.41) is 3.54. The number of benzene rings is 3. The van der Waals surface area contributed by atoms with Crippen LogP contribution in [-0.4, -0.2) is 69.6 Å². The molecule has 212 valence electrons. The maximum atomic E-state index is 12.7. The molecule has 0 saturated carbocycles. The van der Waals surface area contributed by atoms with Crippen LogP contribution in [0.5, 0.6) is 11.5 Å². The standard InChI is InChI=1S/C33H42N4O3/c1-4-35-18-20-36(21-19-35)30-13-8-12-27-28(30)23-37(31(27)24-38)29(14-9-17-34-26-10-6-5-7-11-26)25-15-16-32(39-2)33(22-25)40-3/h5-8,10-13,15-16,22,24,29,31,34H,4,9,14,17-21,23H2,1-3H3/t29-,31?/m1/s1. The fraction of sp³-hybridized carbons (Fsp3) is 0.424. The van der Waals surface area contributed by atoms with Crippen molar-refractivity contribution < 1.29 is 14.3 Å². The van der Waals surface area contributed by atoms with Gasteiger partial charge in [-0.3, -0.25) is 4.90 Å². The fourth-order valence-corrected chi connectivity index (χ4v) is 6.23. The Bertz CT molecular complexity index is 1260. The van der Waals surface area contributed by atoms with Crippen LogP contribution in [-0.2, 0) is 11.3 Å². The predicted octanol–water partition coefficient (Wildman–Crippen LogP) is 5.53. The van der Waals surface area contributed by atoms with E-state index in [9.17, 15) is 4.79 Å². The molecule has 1 N–H and O–H groups in total. The van der Waals surface area contributed by atoms with Crippen molar-refractivity contribution in [1.29, 1.82) is 0 Å². The molecule has 1 fully saturated rings. The maximum Gasteiger partial charge on any atom is 0.161 e. The normalized spacial score (nSPS) is 18.3. The van der Waals surface area contributed by atoms with Gasteiger partial charge in [0, 0.05) is 56.7 Å². The first-order valence-corrected chi connectivity index (χ1v) is 14.5. The first-order valence-electron chi connectivity index (χ1n) is 14.5. The number of methoxy groups -OCH3 is 2. The fourth-order valence-electron chi connectivity index (χ4n) is 6.23. The molecule has 0 aliphatic carbocycles. The minimum absolute atomic E-state index is 0.0461. The van der Waals surface area contributed by atoms with Crippen LogP contribution in [0.15, 0.2) is 66.7 Å². The number of rotatable bonds is 12. The number of nitrogens with one attached hydrogen (secondary N) is 1. The van der Waals surface area contributed by atoms with Gasteiger partial charge in [-0.25, -0.2) is 0 Å². The van der Waals surface area contributed by atoms with E-state index in [1.807, 2.05) is 24.3 Å². The monoisotopic (exact) mass is 542 g/mol. The van der Waals surface area contributed by atoms with E-state index in [-0.39, 0.29) is 12.1 Å². The van der Waals surface area contributed by atoms with Gasteiger partial charge in [-0.1, -0.05) is 43.3 Å². The van der Waals surface area contributed by atoms with E-state index in [1.165, 1.54) is 11.3 Å². The highest BCUT2D eigenvalue weighted by molar-refractivity contribution is 5.70. The number of hydrogen-bond donors (Lipinski definition) is 1. The smallest absolute Gasteiger partial charge is 0.161 e. The van der Waals surface area contributed by atoms with E-state index in [4.69, 9.17) is 9.47 Å². The maximum absolute atomic E-state index is 12.7. The number of carbonyl (C=O) groups excluding carboxylic acids is 1. The molecule has 2 aliphatic heterocycles. The summed E-state index contributed by atoms with van der Waals surface area (Å²) in [7, 11) is 3.33. The van der Waals surface area contributed by atoms with E-state index in [2.05, 4.69) is 69.4 Å². The molecular formula is C33H42N4O3. The lowest BCUT2D eigenvalue weighted by molar-refractivity contribution is -0.113. The molecule has 3 aromatic carbocycles. The third-order valence-electron chi connectivity index (χ3n) is 8.44. The summed E-state index contributed by atoms with van der Waals surface area (Å²) < 4.78 is 11.2. The van der Waals surface area contributed by atoms with Gasteiger partial charge in [0.2, 0.25) is 0 Å². The van der Waals surface area contributed by atoms with Gasteiger partial charge in [0.15, 0.2) is 11.5 Å². The lowest BCUT2D eigenvalue weighted by atomic mass is 9.98. The van der Waals surface area contributed by atoms with Crippen LogP contribution < -0.4 is 19.7 Å². The summed E-state index contributed by atoms with van der Waals surface area (Å²) in [6.07, 6.45) is 2.98. The first kappa shape index (κ1) is 28.0. The molecule has 0 aromatic heterocycles.